The number of nitriles is 1. The minimum atomic E-state index is -0.0491. The van der Waals surface area contributed by atoms with Gasteiger partial charge in [-0.3, -0.25) is 0 Å². The normalized spacial score (nSPS) is 9.83. The maximum atomic E-state index is 9.68. The molecule has 2 rings (SSSR count). The van der Waals surface area contributed by atoms with E-state index in [2.05, 4.69) is 0 Å². The van der Waals surface area contributed by atoms with Gasteiger partial charge in [0.2, 0.25) is 0 Å². The number of hydrogen-bond acceptors (Lipinski definition) is 3. The fourth-order valence-corrected chi connectivity index (χ4v) is 1.86. The molecule has 2 aromatic carbocycles. The summed E-state index contributed by atoms with van der Waals surface area (Å²) in [5.74, 6) is 0.568. The van der Waals surface area contributed by atoms with Crippen molar-refractivity contribution >= 4 is 11.6 Å². The standard InChI is InChI=1S/C14H10ClNO2/c1-18-14-7-11(15)4-5-12(14)9-2-3-10(8-16)13(17)6-9/h2-7,17H,1H3. The fourth-order valence-electron chi connectivity index (χ4n) is 1.70. The molecule has 4 heteroatoms. The predicted molar refractivity (Wildman–Crippen MR) is 69.8 cm³/mol. The van der Waals surface area contributed by atoms with Gasteiger partial charge in [-0.25, -0.2) is 0 Å². The lowest BCUT2D eigenvalue weighted by Crippen LogP contribution is -1.88. The lowest BCUT2D eigenvalue weighted by Gasteiger charge is -2.09. The highest BCUT2D eigenvalue weighted by Gasteiger charge is 2.09. The monoisotopic (exact) mass is 259 g/mol. The molecule has 0 aromatic heterocycles. The van der Waals surface area contributed by atoms with Crippen LogP contribution in [0.3, 0.4) is 0 Å². The van der Waals surface area contributed by atoms with E-state index in [4.69, 9.17) is 21.6 Å². The highest BCUT2D eigenvalue weighted by molar-refractivity contribution is 6.30. The lowest BCUT2D eigenvalue weighted by atomic mass is 10.0. The van der Waals surface area contributed by atoms with Crippen LogP contribution in [0.2, 0.25) is 5.02 Å². The smallest absolute Gasteiger partial charge is 0.133 e. The summed E-state index contributed by atoms with van der Waals surface area (Å²) in [5, 5.41) is 19.0. The summed E-state index contributed by atoms with van der Waals surface area (Å²) in [4.78, 5) is 0. The van der Waals surface area contributed by atoms with E-state index < -0.39 is 0 Å². The molecule has 3 nitrogen and oxygen atoms in total. The van der Waals surface area contributed by atoms with E-state index in [-0.39, 0.29) is 11.3 Å². The first-order valence-electron chi connectivity index (χ1n) is 5.22. The zero-order chi connectivity index (χ0) is 13.1. The van der Waals surface area contributed by atoms with Crippen LogP contribution in [0.5, 0.6) is 11.5 Å². The van der Waals surface area contributed by atoms with Crippen molar-refractivity contribution in [3.8, 4) is 28.7 Å². The van der Waals surface area contributed by atoms with Gasteiger partial charge in [-0.2, -0.15) is 5.26 Å². The average Bonchev–Trinajstić information content (AvgIpc) is 2.38. The molecule has 2 aromatic rings. The van der Waals surface area contributed by atoms with Gasteiger partial charge in [0.25, 0.3) is 0 Å². The lowest BCUT2D eigenvalue weighted by molar-refractivity contribution is 0.416. The van der Waals surface area contributed by atoms with Gasteiger partial charge in [0, 0.05) is 10.6 Å². The molecule has 0 aliphatic rings. The van der Waals surface area contributed by atoms with Crippen molar-refractivity contribution in [1.82, 2.24) is 0 Å². The second kappa shape index (κ2) is 4.99. The molecule has 0 spiro atoms. The van der Waals surface area contributed by atoms with Crippen molar-refractivity contribution in [2.24, 2.45) is 0 Å². The van der Waals surface area contributed by atoms with Gasteiger partial charge in [0.1, 0.15) is 17.6 Å². The zero-order valence-electron chi connectivity index (χ0n) is 9.64. The van der Waals surface area contributed by atoms with Gasteiger partial charge < -0.3 is 9.84 Å². The molecule has 0 aliphatic carbocycles. The van der Waals surface area contributed by atoms with E-state index in [1.807, 2.05) is 12.1 Å². The van der Waals surface area contributed by atoms with Crippen LogP contribution in [0.25, 0.3) is 11.1 Å². The molecule has 0 amide bonds. The van der Waals surface area contributed by atoms with E-state index in [0.717, 1.165) is 11.1 Å². The SMILES string of the molecule is COc1cc(Cl)ccc1-c1ccc(C#N)c(O)c1. The van der Waals surface area contributed by atoms with Crippen LogP contribution < -0.4 is 4.74 Å². The average molecular weight is 260 g/mol. The summed E-state index contributed by atoms with van der Waals surface area (Å²) < 4.78 is 5.25. The van der Waals surface area contributed by atoms with Gasteiger partial charge >= 0.3 is 0 Å². The van der Waals surface area contributed by atoms with Crippen LogP contribution in [-0.4, -0.2) is 12.2 Å². The highest BCUT2D eigenvalue weighted by atomic mass is 35.5. The van der Waals surface area contributed by atoms with Crippen molar-refractivity contribution in [1.29, 1.82) is 5.26 Å². The maximum absolute atomic E-state index is 9.68. The Bertz CT molecular complexity index is 632. The Morgan fingerprint density at radius 2 is 2.00 bits per heavy atom. The number of phenolic OH excluding ortho intramolecular Hbond substituents is 1. The molecule has 90 valence electrons. The Morgan fingerprint density at radius 3 is 2.61 bits per heavy atom. The molecular weight excluding hydrogens is 250 g/mol. The molecule has 0 bridgehead atoms. The van der Waals surface area contributed by atoms with Crippen LogP contribution in [0, 0.1) is 11.3 Å². The first-order chi connectivity index (χ1) is 8.65. The van der Waals surface area contributed by atoms with Gasteiger partial charge in [-0.05, 0) is 35.9 Å². The topological polar surface area (TPSA) is 53.2 Å². The van der Waals surface area contributed by atoms with Crippen molar-refractivity contribution in [3.05, 3.63) is 47.0 Å². The fraction of sp³-hybridized carbons (Fsp3) is 0.0714. The van der Waals surface area contributed by atoms with Crippen LogP contribution in [0.1, 0.15) is 5.56 Å². The van der Waals surface area contributed by atoms with Crippen LogP contribution in [0.15, 0.2) is 36.4 Å². The first kappa shape index (κ1) is 12.3. The Labute approximate surface area is 110 Å². The number of phenols is 1. The summed E-state index contributed by atoms with van der Waals surface area (Å²) in [7, 11) is 1.55. The third-order valence-electron chi connectivity index (χ3n) is 2.59. The van der Waals surface area contributed by atoms with E-state index in [1.54, 1.807) is 31.4 Å². The summed E-state index contributed by atoms with van der Waals surface area (Å²) >= 11 is 5.89. The molecule has 0 aliphatic heterocycles. The summed E-state index contributed by atoms with van der Waals surface area (Å²) in [6.07, 6.45) is 0. The van der Waals surface area contributed by atoms with E-state index in [1.165, 1.54) is 6.07 Å². The molecular formula is C14H10ClNO2. The Hall–Kier alpha value is -2.18. The van der Waals surface area contributed by atoms with Gasteiger partial charge in [-0.1, -0.05) is 17.7 Å². The Morgan fingerprint density at radius 1 is 1.22 bits per heavy atom. The molecule has 0 heterocycles. The molecule has 0 saturated carbocycles. The van der Waals surface area contributed by atoms with Crippen molar-refractivity contribution < 1.29 is 9.84 Å². The molecule has 0 saturated heterocycles. The summed E-state index contributed by atoms with van der Waals surface area (Å²) in [6.45, 7) is 0. The molecule has 0 unspecified atom stereocenters. The molecule has 0 atom stereocenters. The van der Waals surface area contributed by atoms with Crippen molar-refractivity contribution in [2.45, 2.75) is 0 Å². The number of nitrogens with zero attached hydrogens (tertiary/aromatic N) is 1. The second-order valence-corrected chi connectivity index (χ2v) is 4.12. The number of benzene rings is 2. The zero-order valence-corrected chi connectivity index (χ0v) is 10.4. The van der Waals surface area contributed by atoms with Gasteiger partial charge in [0.05, 0.1) is 12.7 Å². The predicted octanol–water partition coefficient (Wildman–Crippen LogP) is 3.59. The summed E-state index contributed by atoms with van der Waals surface area (Å²) in [6, 6.07) is 12.0. The van der Waals surface area contributed by atoms with E-state index in [9.17, 15) is 5.11 Å². The highest BCUT2D eigenvalue weighted by Crippen LogP contribution is 2.34. The van der Waals surface area contributed by atoms with Gasteiger partial charge in [0.15, 0.2) is 0 Å². The third kappa shape index (κ3) is 2.24. The van der Waals surface area contributed by atoms with Crippen LogP contribution in [0.4, 0.5) is 0 Å². The third-order valence-corrected chi connectivity index (χ3v) is 2.83. The first-order valence-corrected chi connectivity index (χ1v) is 5.60. The minimum absolute atomic E-state index is 0.0491. The molecule has 0 fully saturated rings. The molecule has 1 N–H and O–H groups in total. The van der Waals surface area contributed by atoms with Crippen LogP contribution >= 0.6 is 11.6 Å². The van der Waals surface area contributed by atoms with Crippen molar-refractivity contribution in [3.63, 3.8) is 0 Å². The Balaban J connectivity index is 2.56. The van der Waals surface area contributed by atoms with Gasteiger partial charge in [-0.15, -0.1) is 0 Å². The number of hydrogen-bond donors (Lipinski definition) is 1. The van der Waals surface area contributed by atoms with E-state index >= 15 is 0 Å². The number of ether oxygens (including phenoxy) is 1. The molecule has 0 radical (unpaired) electrons. The molecule has 18 heavy (non-hydrogen) atoms. The number of methoxy groups -OCH3 is 1. The van der Waals surface area contributed by atoms with E-state index in [0.29, 0.717) is 10.8 Å². The van der Waals surface area contributed by atoms with Crippen molar-refractivity contribution in [2.75, 3.05) is 7.11 Å². The number of aromatic hydroxyl groups is 1. The Kier molecular flexibility index (Phi) is 3.40. The summed E-state index contributed by atoms with van der Waals surface area (Å²) in [5.41, 5.74) is 1.81. The quantitative estimate of drug-likeness (QED) is 0.897. The number of halogens is 1. The largest absolute Gasteiger partial charge is 0.507 e. The maximum Gasteiger partial charge on any atom is 0.133 e. The second-order valence-electron chi connectivity index (χ2n) is 3.69. The minimum Gasteiger partial charge on any atom is -0.507 e. The number of rotatable bonds is 2. The van der Waals surface area contributed by atoms with Crippen LogP contribution in [-0.2, 0) is 0 Å².